The zero-order valence-electron chi connectivity index (χ0n) is 38.8. The van der Waals surface area contributed by atoms with Crippen molar-refractivity contribution in [2.45, 2.75) is 39.7 Å². The van der Waals surface area contributed by atoms with Gasteiger partial charge >= 0.3 is 0 Å². The molecule has 0 saturated heterocycles. The molecule has 6 aromatic carbocycles. The number of benzene rings is 6. The van der Waals surface area contributed by atoms with Crippen molar-refractivity contribution in [2.24, 2.45) is 0 Å². The Morgan fingerprint density at radius 3 is 1.84 bits per heavy atom. The van der Waals surface area contributed by atoms with E-state index in [1.807, 2.05) is 0 Å². The fourth-order valence-electron chi connectivity index (χ4n) is 9.12. The number of hydrogen-bond donors (Lipinski definition) is 1. The summed E-state index contributed by atoms with van der Waals surface area (Å²) in [5.74, 6) is 0.798. The minimum atomic E-state index is -0.672. The van der Waals surface area contributed by atoms with E-state index in [2.05, 4.69) is 150 Å². The maximum atomic E-state index is 8.93. The number of fused-ring (bicyclic) bond motifs is 4. The van der Waals surface area contributed by atoms with Gasteiger partial charge < -0.3 is 43.2 Å². The van der Waals surface area contributed by atoms with Crippen LogP contribution in [0.15, 0.2) is 103 Å². The maximum absolute atomic E-state index is 8.93. The van der Waals surface area contributed by atoms with Gasteiger partial charge in [0.05, 0.1) is 90.4 Å². The fourth-order valence-corrected chi connectivity index (χ4v) is 9.12. The molecule has 338 valence electrons. The molecule has 0 saturated carbocycles. The number of methoxy groups -OCH3 is 1. The minimum Gasteiger partial charge on any atom is -0.489 e. The van der Waals surface area contributed by atoms with Crippen LogP contribution in [0.25, 0.3) is 33.0 Å². The number of aliphatic hydroxyl groups is 1. The molecule has 64 heavy (non-hydrogen) atoms. The maximum Gasteiger partial charge on any atom is 0.142 e. The smallest absolute Gasteiger partial charge is 0.142 e. The van der Waals surface area contributed by atoms with Crippen molar-refractivity contribution in [1.82, 2.24) is 0 Å². The molecular weight excluding hydrogens is 803 g/mol. The highest BCUT2D eigenvalue weighted by Gasteiger charge is 2.47. The van der Waals surface area contributed by atoms with Crippen LogP contribution in [0.4, 0.5) is 5.69 Å². The van der Waals surface area contributed by atoms with Gasteiger partial charge in [0.15, 0.2) is 0 Å². The Morgan fingerprint density at radius 1 is 0.531 bits per heavy atom. The van der Waals surface area contributed by atoms with E-state index < -0.39 is 5.41 Å². The van der Waals surface area contributed by atoms with Crippen molar-refractivity contribution in [3.63, 3.8) is 0 Å². The second-order valence-corrected chi connectivity index (χ2v) is 16.8. The van der Waals surface area contributed by atoms with Gasteiger partial charge in [-0.2, -0.15) is 0 Å². The third-order valence-electron chi connectivity index (χ3n) is 12.2. The molecule has 0 fully saturated rings. The van der Waals surface area contributed by atoms with Gasteiger partial charge in [0.2, 0.25) is 0 Å². The first-order chi connectivity index (χ1) is 31.2. The quantitative estimate of drug-likeness (QED) is 0.0597. The molecule has 9 heteroatoms. The van der Waals surface area contributed by atoms with Crippen molar-refractivity contribution in [2.75, 3.05) is 105 Å². The van der Waals surface area contributed by atoms with Gasteiger partial charge in [-0.3, -0.25) is 0 Å². The average molecular weight is 868 g/mol. The molecule has 7 rings (SSSR count). The van der Waals surface area contributed by atoms with E-state index in [0.717, 1.165) is 28.1 Å². The topological polar surface area (TPSA) is 88.1 Å². The number of aliphatic hydroxyl groups excluding tert-OH is 1. The van der Waals surface area contributed by atoms with Crippen molar-refractivity contribution in [3.8, 4) is 28.0 Å². The van der Waals surface area contributed by atoms with Crippen molar-refractivity contribution in [3.05, 3.63) is 153 Å². The molecule has 0 heterocycles. The van der Waals surface area contributed by atoms with E-state index in [4.69, 9.17) is 38.3 Å². The van der Waals surface area contributed by atoms with E-state index in [0.29, 0.717) is 79.3 Å². The first-order valence-corrected chi connectivity index (χ1v) is 22.5. The standard InChI is InChI=1S/C55H65NO8/c1-38-11-17-47-48-19-14-42(46-18-12-40(3)54-39(2)9-8-10-49(46)54)35-51(48)55(50(47)33-38,44-15-13-43(41(4)34-44)37-63-30-29-61-26-25-59-22-21-57)45-16-20-53(52(36-45)56(5)6)64-32-31-62-28-27-60-24-23-58-7/h8-20,33-36,57H,21-32,37H2,1-7H3. The number of anilines is 1. The summed E-state index contributed by atoms with van der Waals surface area (Å²) in [5, 5.41) is 11.5. The highest BCUT2D eigenvalue weighted by Crippen LogP contribution is 2.58. The lowest BCUT2D eigenvalue weighted by molar-refractivity contribution is 0.00444. The Bertz CT molecular complexity index is 2490. The highest BCUT2D eigenvalue weighted by molar-refractivity contribution is 6.01. The lowest BCUT2D eigenvalue weighted by Gasteiger charge is -2.36. The normalized spacial score (nSPS) is 14.2. The van der Waals surface area contributed by atoms with Crippen LogP contribution in [0.3, 0.4) is 0 Å². The van der Waals surface area contributed by atoms with E-state index >= 15 is 0 Å². The second-order valence-electron chi connectivity index (χ2n) is 16.8. The van der Waals surface area contributed by atoms with E-state index in [-0.39, 0.29) is 6.61 Å². The van der Waals surface area contributed by atoms with Crippen LogP contribution in [0.2, 0.25) is 0 Å². The molecule has 1 aliphatic rings. The van der Waals surface area contributed by atoms with Gasteiger partial charge in [-0.05, 0) is 123 Å². The lowest BCUT2D eigenvalue weighted by Crippen LogP contribution is -2.29. The zero-order chi connectivity index (χ0) is 45.1. The van der Waals surface area contributed by atoms with Crippen LogP contribution in [-0.2, 0) is 40.4 Å². The summed E-state index contributed by atoms with van der Waals surface area (Å²) in [5.41, 5.74) is 16.1. The Morgan fingerprint density at radius 2 is 1.14 bits per heavy atom. The minimum absolute atomic E-state index is 0.00920. The van der Waals surface area contributed by atoms with E-state index in [1.165, 1.54) is 66.4 Å². The van der Waals surface area contributed by atoms with Crippen LogP contribution in [0.1, 0.15) is 50.1 Å². The number of nitrogens with zero attached hydrogens (tertiary/aromatic N) is 1. The van der Waals surface area contributed by atoms with Gasteiger partial charge in [0, 0.05) is 21.2 Å². The van der Waals surface area contributed by atoms with Crippen LogP contribution in [0, 0.1) is 27.7 Å². The van der Waals surface area contributed by atoms with Crippen LogP contribution in [-0.4, -0.2) is 106 Å². The van der Waals surface area contributed by atoms with Crippen LogP contribution < -0.4 is 9.64 Å². The molecule has 1 unspecified atom stereocenters. The summed E-state index contributed by atoms with van der Waals surface area (Å²) < 4.78 is 40.0. The van der Waals surface area contributed by atoms with Crippen LogP contribution in [0.5, 0.6) is 5.75 Å². The van der Waals surface area contributed by atoms with Crippen molar-refractivity contribution < 1.29 is 38.3 Å². The zero-order valence-corrected chi connectivity index (χ0v) is 38.8. The molecule has 0 radical (unpaired) electrons. The molecule has 1 aliphatic carbocycles. The SMILES string of the molecule is COCCOCCOCCOc1ccc(C2(c3ccc(COCCOCCOCCO)c(C)c3)c3cc(C)ccc3-c3ccc(-c4ccc(C)c5c(C)cccc45)cc32)cc1N(C)C. The molecule has 0 aliphatic heterocycles. The molecule has 6 aromatic rings. The van der Waals surface area contributed by atoms with Gasteiger partial charge in [-0.1, -0.05) is 90.5 Å². The Balaban J connectivity index is 1.30. The largest absolute Gasteiger partial charge is 0.489 e. The number of aryl methyl sites for hydroxylation is 4. The molecule has 0 spiro atoms. The lowest BCUT2D eigenvalue weighted by atomic mass is 9.66. The van der Waals surface area contributed by atoms with Crippen molar-refractivity contribution in [1.29, 1.82) is 0 Å². The monoisotopic (exact) mass is 867 g/mol. The summed E-state index contributed by atoms with van der Waals surface area (Å²) in [7, 11) is 5.82. The van der Waals surface area contributed by atoms with Gasteiger partial charge in [0.25, 0.3) is 0 Å². The van der Waals surface area contributed by atoms with Crippen LogP contribution >= 0.6 is 0 Å². The highest BCUT2D eigenvalue weighted by atomic mass is 16.6. The van der Waals surface area contributed by atoms with Crippen molar-refractivity contribution >= 4 is 16.5 Å². The predicted octanol–water partition coefficient (Wildman–Crippen LogP) is 9.77. The number of hydrogen-bond acceptors (Lipinski definition) is 9. The summed E-state index contributed by atoms with van der Waals surface area (Å²) in [6.07, 6.45) is 0. The first-order valence-electron chi connectivity index (χ1n) is 22.5. The van der Waals surface area contributed by atoms with E-state index in [1.54, 1.807) is 7.11 Å². The molecule has 0 bridgehead atoms. The fraction of sp³-hybridized carbons (Fsp3) is 0.382. The molecule has 1 N–H and O–H groups in total. The average Bonchev–Trinajstić information content (AvgIpc) is 3.57. The molecular formula is C55H65NO8. The Hall–Kier alpha value is -5.10. The second kappa shape index (κ2) is 22.2. The van der Waals surface area contributed by atoms with Gasteiger partial charge in [-0.25, -0.2) is 0 Å². The van der Waals surface area contributed by atoms with Gasteiger partial charge in [0.1, 0.15) is 12.4 Å². The third kappa shape index (κ3) is 10.2. The Kier molecular flexibility index (Phi) is 16.3. The molecule has 0 amide bonds. The third-order valence-corrected chi connectivity index (χ3v) is 12.2. The molecule has 9 nitrogen and oxygen atoms in total. The summed E-state index contributed by atoms with van der Waals surface area (Å²) in [6.45, 7) is 14.4. The molecule has 0 aromatic heterocycles. The summed E-state index contributed by atoms with van der Waals surface area (Å²) >= 11 is 0. The predicted molar refractivity (Wildman–Crippen MR) is 257 cm³/mol. The molecule has 1 atom stereocenters. The number of rotatable bonds is 24. The van der Waals surface area contributed by atoms with Gasteiger partial charge in [-0.15, -0.1) is 0 Å². The Labute approximate surface area is 379 Å². The first kappa shape index (κ1) is 46.9. The summed E-state index contributed by atoms with van der Waals surface area (Å²) in [6, 6.07) is 38.8. The number of ether oxygens (including phenoxy) is 7. The van der Waals surface area contributed by atoms with E-state index in [9.17, 15) is 0 Å². The summed E-state index contributed by atoms with van der Waals surface area (Å²) in [4.78, 5) is 2.14.